The monoisotopic (exact) mass is 867 g/mol. The van der Waals surface area contributed by atoms with Crippen LogP contribution in [-0.4, -0.2) is 100 Å². The molecule has 4 amide bonds. The third-order valence-corrected chi connectivity index (χ3v) is 12.3. The van der Waals surface area contributed by atoms with Gasteiger partial charge in [0.15, 0.2) is 11.2 Å². The molecule has 3 N–H and O–H groups in total. The van der Waals surface area contributed by atoms with E-state index >= 15 is 0 Å². The number of benzene rings is 2. The van der Waals surface area contributed by atoms with Crippen LogP contribution in [-0.2, 0) is 31.8 Å². The van der Waals surface area contributed by atoms with Crippen LogP contribution < -0.4 is 30.5 Å². The van der Waals surface area contributed by atoms with Gasteiger partial charge in [0.05, 0.1) is 24.0 Å². The molecule has 5 aliphatic rings. The van der Waals surface area contributed by atoms with Crippen LogP contribution in [0.4, 0.5) is 35.9 Å². The number of anilines is 4. The molecule has 0 spiro atoms. The SMILES string of the molecule is CCc1cc(N2[C@H](S)N(c3cnc(C#N)c(C(F)(F)F)c3)C(=O)C2(C)C)ccc1OCCN1C[C@@H]2CC[C@H]1CN2CC(=O)Nc1cc(Cl)cc(NC2CCC(=O)NC2=O)c1. The molecule has 6 heterocycles. The summed E-state index contributed by atoms with van der Waals surface area (Å²) in [5.74, 6) is -0.686. The highest BCUT2D eigenvalue weighted by molar-refractivity contribution is 7.81. The van der Waals surface area contributed by atoms with E-state index in [0.717, 1.165) is 48.7 Å². The molecule has 0 radical (unpaired) electrons. The normalized spacial score (nSPS) is 23.1. The molecule has 19 heteroatoms. The van der Waals surface area contributed by atoms with E-state index in [2.05, 4.69) is 30.7 Å². The molecule has 0 saturated carbocycles. The lowest BCUT2D eigenvalue weighted by Gasteiger charge is -2.51. The number of piperazine rings is 1. The third kappa shape index (κ3) is 8.85. The maximum absolute atomic E-state index is 13.8. The number of nitrogens with one attached hydrogen (secondary N) is 3. The zero-order chi connectivity index (χ0) is 43.1. The molecule has 1 aromatic heterocycles. The predicted molar refractivity (Wildman–Crippen MR) is 222 cm³/mol. The largest absolute Gasteiger partial charge is 0.492 e. The van der Waals surface area contributed by atoms with Crippen molar-refractivity contribution in [1.29, 1.82) is 5.26 Å². The fourth-order valence-corrected chi connectivity index (χ4v) is 9.44. The minimum Gasteiger partial charge on any atom is -0.492 e. The van der Waals surface area contributed by atoms with E-state index in [1.54, 1.807) is 43.0 Å². The maximum atomic E-state index is 13.8. The molecule has 3 aromatic rings. The number of imide groups is 1. The number of alkyl halides is 3. The number of aromatic nitrogens is 1. The van der Waals surface area contributed by atoms with Crippen LogP contribution >= 0.6 is 24.2 Å². The fraction of sp³-hybridized carbons (Fsp3) is 0.463. The summed E-state index contributed by atoms with van der Waals surface area (Å²) < 4.78 is 47.6. The quantitative estimate of drug-likeness (QED) is 0.136. The molecule has 2 aromatic carbocycles. The second-order valence-electron chi connectivity index (χ2n) is 15.9. The Hall–Kier alpha value is -5.09. The summed E-state index contributed by atoms with van der Waals surface area (Å²) in [5.41, 5.74) is -1.73. The minimum absolute atomic E-state index is 0.121. The zero-order valence-corrected chi connectivity index (χ0v) is 34.8. The second kappa shape index (κ2) is 17.1. The number of fused-ring (bicyclic) bond motifs is 3. The van der Waals surface area contributed by atoms with Crippen LogP contribution in [0.15, 0.2) is 48.7 Å². The summed E-state index contributed by atoms with van der Waals surface area (Å²) in [6, 6.07) is 12.6. The Morgan fingerprint density at radius 3 is 2.43 bits per heavy atom. The van der Waals surface area contributed by atoms with Gasteiger partial charge in [0.2, 0.25) is 17.7 Å². The average molecular weight is 868 g/mol. The Morgan fingerprint density at radius 2 is 1.77 bits per heavy atom. The Bertz CT molecular complexity index is 2240. The van der Waals surface area contributed by atoms with Crippen molar-refractivity contribution < 1.29 is 37.1 Å². The number of halogens is 4. The van der Waals surface area contributed by atoms with Crippen molar-refractivity contribution in [2.24, 2.45) is 0 Å². The molecule has 60 heavy (non-hydrogen) atoms. The number of carbonyl (C=O) groups excluding carboxylic acids is 4. The number of thiol groups is 1. The van der Waals surface area contributed by atoms with Crippen LogP contribution in [0.25, 0.3) is 0 Å². The van der Waals surface area contributed by atoms with Crippen molar-refractivity contribution in [2.75, 3.05) is 53.2 Å². The number of carbonyl (C=O) groups is 4. The topological polar surface area (TPSA) is 163 Å². The standard InChI is InChI=1S/C41H45ClF3N9O5S/c1-4-23-13-27(54-39(60)53(38(58)40(54,2)3)30-17-31(41(43,44)45)33(18-46)47-19-30)7-9-34(23)59-12-11-51-20-29-6-5-28(51)21-52(29)22-36(56)49-26-15-24(42)14-25(16-26)48-32-8-10-35(55)50-37(32)57/h7,9,13-17,19,28-29,32,39,48,60H,4-6,8,10-12,20-22H2,1-3H3,(H,49,56)(H,50,55,57)/t28-,29-,32?,39+/m0/s1. The van der Waals surface area contributed by atoms with Crippen LogP contribution in [0.5, 0.6) is 5.75 Å². The van der Waals surface area contributed by atoms with Crippen molar-refractivity contribution in [3.63, 3.8) is 0 Å². The number of nitriles is 1. The van der Waals surface area contributed by atoms with Crippen molar-refractivity contribution in [3.8, 4) is 11.8 Å². The summed E-state index contributed by atoms with van der Waals surface area (Å²) in [6.07, 6.45) is -0.589. The van der Waals surface area contributed by atoms with Crippen molar-refractivity contribution >= 4 is 70.6 Å². The Labute approximate surface area is 355 Å². The number of hydrogen-bond donors (Lipinski definition) is 4. The Kier molecular flexibility index (Phi) is 12.3. The Morgan fingerprint density at radius 1 is 1.05 bits per heavy atom. The zero-order valence-electron chi connectivity index (χ0n) is 33.2. The first-order valence-electron chi connectivity index (χ1n) is 19.7. The van der Waals surface area contributed by atoms with Gasteiger partial charge in [-0.2, -0.15) is 18.4 Å². The Balaban J connectivity index is 0.937. The maximum Gasteiger partial charge on any atom is 0.419 e. The van der Waals surface area contributed by atoms with Crippen molar-refractivity contribution in [3.05, 3.63) is 70.5 Å². The highest BCUT2D eigenvalue weighted by atomic mass is 35.5. The molecule has 8 rings (SSSR count). The van der Waals surface area contributed by atoms with E-state index in [0.29, 0.717) is 53.8 Å². The van der Waals surface area contributed by atoms with E-state index in [1.165, 1.54) is 6.07 Å². The minimum atomic E-state index is -4.84. The molecule has 5 fully saturated rings. The van der Waals surface area contributed by atoms with Gasteiger partial charge in [0, 0.05) is 60.2 Å². The molecule has 1 unspecified atom stereocenters. The van der Waals surface area contributed by atoms with E-state index in [-0.39, 0.29) is 42.6 Å². The molecule has 2 bridgehead atoms. The van der Waals surface area contributed by atoms with Gasteiger partial charge in [0.25, 0.3) is 5.91 Å². The van der Waals surface area contributed by atoms with Gasteiger partial charge in [-0.3, -0.25) is 39.2 Å². The highest BCUT2D eigenvalue weighted by Crippen LogP contribution is 2.43. The molecule has 14 nitrogen and oxygen atoms in total. The van der Waals surface area contributed by atoms with E-state index in [1.807, 2.05) is 19.1 Å². The smallest absolute Gasteiger partial charge is 0.419 e. The summed E-state index contributed by atoms with van der Waals surface area (Å²) >= 11 is 11.0. The first-order chi connectivity index (χ1) is 28.5. The molecule has 0 aliphatic carbocycles. The molecule has 5 aliphatic heterocycles. The van der Waals surface area contributed by atoms with E-state index in [4.69, 9.17) is 29.0 Å². The number of aryl methyl sites for hydroxylation is 1. The number of pyridine rings is 1. The third-order valence-electron chi connectivity index (χ3n) is 11.6. The summed E-state index contributed by atoms with van der Waals surface area (Å²) in [4.78, 5) is 61.9. The first-order valence-corrected chi connectivity index (χ1v) is 20.6. The molecule has 5 saturated heterocycles. The second-order valence-corrected chi connectivity index (χ2v) is 16.8. The lowest BCUT2D eigenvalue weighted by Crippen LogP contribution is -2.63. The molecular formula is C41H45ClF3N9O5S. The number of piperidine rings is 3. The van der Waals surface area contributed by atoms with Crippen molar-refractivity contribution in [1.82, 2.24) is 20.1 Å². The fourth-order valence-electron chi connectivity index (χ4n) is 8.54. The van der Waals surface area contributed by atoms with Gasteiger partial charge in [-0.1, -0.05) is 18.5 Å². The number of amides is 4. The van der Waals surface area contributed by atoms with Crippen molar-refractivity contribution in [2.45, 2.75) is 88.2 Å². The molecule has 4 atom stereocenters. The van der Waals surface area contributed by atoms with Gasteiger partial charge in [-0.15, -0.1) is 12.6 Å². The number of hydrogen-bond acceptors (Lipinski definition) is 12. The van der Waals surface area contributed by atoms with Gasteiger partial charge >= 0.3 is 6.18 Å². The van der Waals surface area contributed by atoms with Gasteiger partial charge in [-0.05, 0) is 87.6 Å². The van der Waals surface area contributed by atoms with E-state index in [9.17, 15) is 37.6 Å². The summed E-state index contributed by atoms with van der Waals surface area (Å²) in [6.45, 7) is 8.16. The average Bonchev–Trinajstić information content (AvgIpc) is 3.37. The van der Waals surface area contributed by atoms with Crippen LogP contribution in [0.2, 0.25) is 5.02 Å². The van der Waals surface area contributed by atoms with Gasteiger partial charge in [-0.25, -0.2) is 4.98 Å². The molecular weight excluding hydrogens is 823 g/mol. The van der Waals surface area contributed by atoms with E-state index < -0.39 is 46.3 Å². The number of nitrogens with zero attached hydrogens (tertiary/aromatic N) is 6. The summed E-state index contributed by atoms with van der Waals surface area (Å²) in [7, 11) is 0. The van der Waals surface area contributed by atoms with Crippen LogP contribution in [0.1, 0.15) is 63.3 Å². The van der Waals surface area contributed by atoms with Gasteiger partial charge in [0.1, 0.15) is 30.0 Å². The number of rotatable bonds is 12. The highest BCUT2D eigenvalue weighted by Gasteiger charge is 2.52. The van der Waals surface area contributed by atoms with Crippen LogP contribution in [0, 0.1) is 11.3 Å². The van der Waals surface area contributed by atoms with Gasteiger partial charge < -0.3 is 20.3 Å². The predicted octanol–water partition coefficient (Wildman–Crippen LogP) is 5.42. The lowest BCUT2D eigenvalue weighted by molar-refractivity contribution is -0.138. The first kappa shape index (κ1) is 43.0. The molecule has 318 valence electrons. The lowest BCUT2D eigenvalue weighted by atomic mass is 9.91. The summed E-state index contributed by atoms with van der Waals surface area (Å²) in [5, 5.41) is 18.0. The van der Waals surface area contributed by atoms with Crippen LogP contribution in [0.3, 0.4) is 0 Å². The number of ether oxygens (including phenoxy) is 1.